The molecule has 15 nitrogen and oxygen atoms in total. The summed E-state index contributed by atoms with van der Waals surface area (Å²) >= 11 is 0. The third kappa shape index (κ3) is 3.61. The number of nitrogens with zero attached hydrogens (tertiary/aromatic N) is 7. The van der Waals surface area contributed by atoms with Crippen LogP contribution in [-0.4, -0.2) is 80.8 Å². The molecule has 2 bridgehead atoms. The summed E-state index contributed by atoms with van der Waals surface area (Å²) in [5, 5.41) is 7.35. The van der Waals surface area contributed by atoms with Crippen molar-refractivity contribution in [3.05, 3.63) is 29.2 Å². The lowest BCUT2D eigenvalue weighted by molar-refractivity contribution is -0.750. The van der Waals surface area contributed by atoms with E-state index in [1.165, 1.54) is 30.7 Å². The molecule has 1 saturated heterocycles. The minimum absolute atomic E-state index is 0.125. The molecule has 2 aromatic heterocycles. The molecular formula is C17H22N8O7S. The summed E-state index contributed by atoms with van der Waals surface area (Å²) in [6, 6.07) is -1.68. The first kappa shape index (κ1) is 22.7. The summed E-state index contributed by atoms with van der Waals surface area (Å²) in [4.78, 5) is 41.4. The van der Waals surface area contributed by atoms with Gasteiger partial charge in [-0.15, -0.1) is 9.36 Å². The van der Waals surface area contributed by atoms with Crippen molar-refractivity contribution in [3.63, 3.8) is 0 Å². The lowest BCUT2D eigenvalue weighted by atomic mass is 9.94. The Labute approximate surface area is 188 Å². The number of hydroxylamine groups is 2. The number of amides is 4. The fourth-order valence-corrected chi connectivity index (χ4v) is 4.44. The van der Waals surface area contributed by atoms with Crippen molar-refractivity contribution in [2.75, 3.05) is 26.0 Å². The lowest BCUT2D eigenvalue weighted by Gasteiger charge is -2.32. The molecule has 4 amide bonds. The van der Waals surface area contributed by atoms with Crippen LogP contribution < -0.4 is 10.00 Å². The molecule has 0 radical (unpaired) electrons. The number of hydrogen-bond donors (Lipinski definition) is 1. The van der Waals surface area contributed by atoms with E-state index < -0.39 is 40.3 Å². The van der Waals surface area contributed by atoms with Crippen molar-refractivity contribution in [1.29, 1.82) is 0 Å². The topological polar surface area (TPSA) is 166 Å². The first-order chi connectivity index (χ1) is 15.3. The smallest absolute Gasteiger partial charge is 0.346 e. The van der Waals surface area contributed by atoms with E-state index in [0.717, 1.165) is 4.90 Å². The average Bonchev–Trinajstić information content (AvgIpc) is 3.31. The number of likely N-dealkylation sites (N-methyl/N-ethyl adjacent to an activating group) is 1. The second-order valence-electron chi connectivity index (χ2n) is 7.92. The molecule has 1 N–H and O–H groups in total. The molecule has 16 heteroatoms. The highest BCUT2D eigenvalue weighted by Gasteiger charge is 2.55. The van der Waals surface area contributed by atoms with Crippen molar-refractivity contribution in [2.45, 2.75) is 12.1 Å². The van der Waals surface area contributed by atoms with Gasteiger partial charge in [-0.3, -0.25) is 14.3 Å². The van der Waals surface area contributed by atoms with Crippen molar-refractivity contribution in [3.8, 4) is 0 Å². The number of aryl methyl sites for hydroxylation is 2. The molecule has 2 aliphatic rings. The summed E-state index contributed by atoms with van der Waals surface area (Å²) < 4.78 is 43.0. The SMILES string of the molecule is CN(C)C(=O)C1c2c(c(C(=O)Nc3cc[n+](C)n3C)nn2C)C2CN1C(=O)N2OS(=O)(=O)[O-]. The molecule has 4 rings (SSSR count). The number of urea groups is 1. The molecule has 0 aliphatic carbocycles. The van der Waals surface area contributed by atoms with E-state index in [0.29, 0.717) is 10.9 Å². The Balaban J connectivity index is 1.85. The Hall–Kier alpha value is -3.50. The first-order valence-corrected chi connectivity index (χ1v) is 11.0. The molecule has 2 atom stereocenters. The van der Waals surface area contributed by atoms with Gasteiger partial charge < -0.3 is 19.7 Å². The molecule has 2 unspecified atom stereocenters. The summed E-state index contributed by atoms with van der Waals surface area (Å²) in [6.45, 7) is -0.184. The molecule has 178 valence electrons. The van der Waals surface area contributed by atoms with Crippen LogP contribution in [0.2, 0.25) is 0 Å². The highest BCUT2D eigenvalue weighted by Crippen LogP contribution is 2.46. The van der Waals surface area contributed by atoms with Crippen LogP contribution in [-0.2, 0) is 40.6 Å². The van der Waals surface area contributed by atoms with E-state index in [1.54, 1.807) is 35.7 Å². The normalized spacial score (nSPS) is 19.6. The Kier molecular flexibility index (Phi) is 5.18. The second-order valence-corrected chi connectivity index (χ2v) is 8.88. The fraction of sp³-hybridized carbons (Fsp3) is 0.471. The number of aromatic nitrogens is 4. The Morgan fingerprint density at radius 3 is 2.55 bits per heavy atom. The van der Waals surface area contributed by atoms with E-state index in [1.807, 2.05) is 0 Å². The molecule has 0 saturated carbocycles. The van der Waals surface area contributed by atoms with Crippen LogP contribution in [0.15, 0.2) is 12.3 Å². The van der Waals surface area contributed by atoms with Gasteiger partial charge in [0.1, 0.15) is 6.04 Å². The quantitative estimate of drug-likeness (QED) is 0.294. The van der Waals surface area contributed by atoms with Crippen LogP contribution in [0.25, 0.3) is 0 Å². The summed E-state index contributed by atoms with van der Waals surface area (Å²) in [7, 11) is 2.66. The predicted octanol–water partition coefficient (Wildman–Crippen LogP) is -1.85. The zero-order valence-electron chi connectivity index (χ0n) is 18.4. The van der Waals surface area contributed by atoms with Gasteiger partial charge in [0.05, 0.1) is 25.4 Å². The number of anilines is 1. The van der Waals surface area contributed by atoms with Gasteiger partial charge in [-0.1, -0.05) is 0 Å². The molecule has 1 fully saturated rings. The van der Waals surface area contributed by atoms with Crippen LogP contribution in [0.1, 0.15) is 33.8 Å². The molecular weight excluding hydrogens is 460 g/mol. The number of fused-ring (bicyclic) bond motifs is 4. The van der Waals surface area contributed by atoms with E-state index in [4.69, 9.17) is 0 Å². The fourth-order valence-electron chi connectivity index (χ4n) is 4.08. The summed E-state index contributed by atoms with van der Waals surface area (Å²) in [6.07, 6.45) is 1.72. The standard InChI is InChI=1S/C17H22N8O7S/c1-20(2)16(27)14-13-11(9-8-24(14)17(28)25(9)32-33(29,30)31)12(19-22(13)4)15(26)18-10-6-7-21(3)23(10)5/h6-7,9,14H,8H2,1-5H3,(H,29,30,31). The first-order valence-electron chi connectivity index (χ1n) is 9.68. The Morgan fingerprint density at radius 2 is 2.00 bits per heavy atom. The monoisotopic (exact) mass is 482 g/mol. The van der Waals surface area contributed by atoms with Crippen molar-refractivity contribution in [2.24, 2.45) is 21.1 Å². The van der Waals surface area contributed by atoms with Gasteiger partial charge in [0.25, 0.3) is 11.8 Å². The van der Waals surface area contributed by atoms with E-state index in [-0.39, 0.29) is 23.5 Å². The van der Waals surface area contributed by atoms with Gasteiger partial charge in [0.15, 0.2) is 30.8 Å². The van der Waals surface area contributed by atoms with Crippen LogP contribution >= 0.6 is 0 Å². The van der Waals surface area contributed by atoms with Crippen LogP contribution in [0.4, 0.5) is 10.6 Å². The number of hydrogen-bond acceptors (Lipinski definition) is 8. The Morgan fingerprint density at radius 1 is 1.33 bits per heavy atom. The van der Waals surface area contributed by atoms with E-state index in [2.05, 4.69) is 14.7 Å². The molecule has 33 heavy (non-hydrogen) atoms. The second kappa shape index (κ2) is 7.53. The van der Waals surface area contributed by atoms with Gasteiger partial charge >= 0.3 is 6.03 Å². The molecule has 4 heterocycles. The summed E-state index contributed by atoms with van der Waals surface area (Å²) in [5.74, 6) is -0.709. The van der Waals surface area contributed by atoms with Gasteiger partial charge in [-0.25, -0.2) is 13.2 Å². The van der Waals surface area contributed by atoms with Gasteiger partial charge in [-0.2, -0.15) is 14.4 Å². The van der Waals surface area contributed by atoms with Crippen molar-refractivity contribution in [1.82, 2.24) is 29.3 Å². The number of carbonyl (C=O) groups excluding carboxylic acids is 3. The third-order valence-corrected chi connectivity index (χ3v) is 6.04. The van der Waals surface area contributed by atoms with Gasteiger partial charge in [0.2, 0.25) is 10.4 Å². The zero-order valence-corrected chi connectivity index (χ0v) is 19.2. The van der Waals surface area contributed by atoms with Crippen LogP contribution in [0.5, 0.6) is 0 Å². The average molecular weight is 482 g/mol. The highest BCUT2D eigenvalue weighted by molar-refractivity contribution is 7.80. The van der Waals surface area contributed by atoms with Gasteiger partial charge in [0, 0.05) is 26.7 Å². The molecule has 2 aromatic rings. The lowest BCUT2D eigenvalue weighted by Crippen LogP contribution is -2.44. The maximum Gasteiger partial charge on any atom is 0.346 e. The molecule has 2 aliphatic heterocycles. The predicted molar refractivity (Wildman–Crippen MR) is 107 cm³/mol. The number of carbonyl (C=O) groups is 3. The zero-order chi connectivity index (χ0) is 24.4. The minimum Gasteiger partial charge on any atom is -0.724 e. The summed E-state index contributed by atoms with van der Waals surface area (Å²) in [5.41, 5.74) is 0.207. The number of rotatable bonds is 5. The van der Waals surface area contributed by atoms with Crippen molar-refractivity contribution < 1.29 is 36.3 Å². The van der Waals surface area contributed by atoms with Crippen LogP contribution in [0.3, 0.4) is 0 Å². The Bertz CT molecular complexity index is 1280. The molecule has 0 aromatic carbocycles. The maximum absolute atomic E-state index is 13.2. The van der Waals surface area contributed by atoms with E-state index >= 15 is 0 Å². The maximum atomic E-state index is 13.2. The van der Waals surface area contributed by atoms with Crippen molar-refractivity contribution >= 4 is 34.1 Å². The molecule has 0 spiro atoms. The largest absolute Gasteiger partial charge is 0.724 e. The van der Waals surface area contributed by atoms with Gasteiger partial charge in [-0.05, 0) is 0 Å². The van der Waals surface area contributed by atoms with E-state index in [9.17, 15) is 27.4 Å². The van der Waals surface area contributed by atoms with Crippen LogP contribution in [0, 0.1) is 0 Å². The highest BCUT2D eigenvalue weighted by atomic mass is 32.3. The third-order valence-electron chi connectivity index (χ3n) is 5.69. The number of nitrogens with one attached hydrogen (secondary N) is 1. The minimum atomic E-state index is -5.31.